The summed E-state index contributed by atoms with van der Waals surface area (Å²) in [5.74, 6) is 0.0517. The molecule has 0 aliphatic carbocycles. The van der Waals surface area contributed by atoms with Crippen molar-refractivity contribution < 1.29 is 4.79 Å². The summed E-state index contributed by atoms with van der Waals surface area (Å²) in [5.41, 5.74) is 2.15. The maximum Gasteiger partial charge on any atom is 0.242 e. The summed E-state index contributed by atoms with van der Waals surface area (Å²) in [6, 6.07) is 5.88. The van der Waals surface area contributed by atoms with E-state index in [1.54, 1.807) is 0 Å². The van der Waals surface area contributed by atoms with Crippen LogP contribution in [0.25, 0.3) is 0 Å². The third-order valence-electron chi connectivity index (χ3n) is 3.64. The lowest BCUT2D eigenvalue weighted by Gasteiger charge is -2.35. The number of carbonyl (C=O) groups is 1. The van der Waals surface area contributed by atoms with Gasteiger partial charge in [-0.2, -0.15) is 0 Å². The van der Waals surface area contributed by atoms with Crippen LogP contribution in [0.3, 0.4) is 0 Å². The van der Waals surface area contributed by atoms with Crippen LogP contribution in [0.4, 0.5) is 5.69 Å². The van der Waals surface area contributed by atoms with Crippen molar-refractivity contribution in [3.8, 4) is 0 Å². The predicted molar refractivity (Wildman–Crippen MR) is 87.9 cm³/mol. The highest BCUT2D eigenvalue weighted by molar-refractivity contribution is 6.33. The number of hydrogen-bond donors (Lipinski definition) is 2. The molecule has 0 saturated carbocycles. The van der Waals surface area contributed by atoms with Gasteiger partial charge in [0.05, 0.1) is 10.7 Å². The molecule has 1 aromatic rings. The maximum absolute atomic E-state index is 11.8. The van der Waals surface area contributed by atoms with Crippen LogP contribution in [0, 0.1) is 0 Å². The van der Waals surface area contributed by atoms with Crippen LogP contribution in [0.5, 0.6) is 0 Å². The minimum absolute atomic E-state index is 0.0517. The predicted octanol–water partition coefficient (Wildman–Crippen LogP) is 2.55. The minimum Gasteiger partial charge on any atom is -0.357 e. The minimum atomic E-state index is -0.185. The number of nitrogens with one attached hydrogen (secondary N) is 2. The number of nitrogens with zero attached hydrogens (tertiary/aromatic N) is 1. The summed E-state index contributed by atoms with van der Waals surface area (Å²) in [7, 11) is 0. The second kappa shape index (κ2) is 6.24. The Hall–Kier alpha value is -1.26. The molecular formula is C16H24ClN3O. The van der Waals surface area contributed by atoms with Crippen LogP contribution in [0.2, 0.25) is 5.02 Å². The van der Waals surface area contributed by atoms with Crippen molar-refractivity contribution in [2.45, 2.75) is 45.8 Å². The Balaban J connectivity index is 2.13. The molecule has 21 heavy (non-hydrogen) atoms. The van der Waals surface area contributed by atoms with Crippen molar-refractivity contribution in [2.24, 2.45) is 0 Å². The first-order valence-electron chi connectivity index (χ1n) is 7.36. The molecule has 0 bridgehead atoms. The van der Waals surface area contributed by atoms with Crippen molar-refractivity contribution in [3.63, 3.8) is 0 Å². The number of benzene rings is 1. The van der Waals surface area contributed by atoms with Gasteiger partial charge in [-0.05, 0) is 45.4 Å². The molecule has 0 spiro atoms. The van der Waals surface area contributed by atoms with Gasteiger partial charge in [-0.1, -0.05) is 17.7 Å². The van der Waals surface area contributed by atoms with Gasteiger partial charge in [0.25, 0.3) is 0 Å². The fourth-order valence-electron chi connectivity index (χ4n) is 2.37. The van der Waals surface area contributed by atoms with Gasteiger partial charge in [0.15, 0.2) is 0 Å². The van der Waals surface area contributed by atoms with Gasteiger partial charge in [-0.25, -0.2) is 0 Å². The first-order valence-corrected chi connectivity index (χ1v) is 7.73. The molecule has 4 nitrogen and oxygen atoms in total. The van der Waals surface area contributed by atoms with Crippen molar-refractivity contribution in [1.82, 2.24) is 10.6 Å². The third-order valence-corrected chi connectivity index (χ3v) is 3.95. The number of carbonyl (C=O) groups excluding carboxylic acids is 1. The smallest absolute Gasteiger partial charge is 0.242 e. The lowest BCUT2D eigenvalue weighted by Crippen LogP contribution is -2.54. The largest absolute Gasteiger partial charge is 0.357 e. The van der Waals surface area contributed by atoms with Crippen LogP contribution in [0.15, 0.2) is 18.2 Å². The van der Waals surface area contributed by atoms with E-state index in [0.29, 0.717) is 11.6 Å². The Morgan fingerprint density at radius 2 is 2.14 bits per heavy atom. The number of rotatable bonds is 3. The Bertz CT molecular complexity index is 525. The van der Waals surface area contributed by atoms with Crippen LogP contribution in [-0.4, -0.2) is 30.6 Å². The summed E-state index contributed by atoms with van der Waals surface area (Å²) in [5, 5.41) is 7.01. The molecule has 116 valence electrons. The molecule has 1 amide bonds. The number of piperazine rings is 1. The standard InChI is InChI=1S/C16H24ClN3O/c1-11-15(21)18-7-8-20(11)14-6-5-12(9-13(14)17)10-19-16(2,3)4/h5-6,9,11,19H,7-8,10H2,1-4H3,(H,18,21). The van der Waals surface area contributed by atoms with Crippen molar-refractivity contribution in [2.75, 3.05) is 18.0 Å². The van der Waals surface area contributed by atoms with E-state index in [4.69, 9.17) is 11.6 Å². The van der Waals surface area contributed by atoms with Gasteiger partial charge in [-0.3, -0.25) is 4.79 Å². The Morgan fingerprint density at radius 1 is 1.43 bits per heavy atom. The summed E-state index contributed by atoms with van der Waals surface area (Å²) in [4.78, 5) is 13.8. The monoisotopic (exact) mass is 309 g/mol. The summed E-state index contributed by atoms with van der Waals surface area (Å²) in [6.07, 6.45) is 0. The number of anilines is 1. The average molecular weight is 310 g/mol. The van der Waals surface area contributed by atoms with E-state index in [1.807, 2.05) is 19.1 Å². The molecule has 2 N–H and O–H groups in total. The van der Waals surface area contributed by atoms with E-state index in [2.05, 4.69) is 42.4 Å². The van der Waals surface area contributed by atoms with Crippen molar-refractivity contribution in [3.05, 3.63) is 28.8 Å². The molecule has 0 radical (unpaired) electrons. The highest BCUT2D eigenvalue weighted by Crippen LogP contribution is 2.29. The summed E-state index contributed by atoms with van der Waals surface area (Å²) < 4.78 is 0. The van der Waals surface area contributed by atoms with Crippen LogP contribution < -0.4 is 15.5 Å². The molecule has 1 aliphatic rings. The number of halogens is 1. The van der Waals surface area contributed by atoms with Gasteiger partial charge in [0, 0.05) is 25.2 Å². The molecule has 1 aliphatic heterocycles. The summed E-state index contributed by atoms with van der Waals surface area (Å²) in [6.45, 7) is 10.5. The molecule has 0 aromatic heterocycles. The zero-order valence-corrected chi connectivity index (χ0v) is 13.9. The fraction of sp³-hybridized carbons (Fsp3) is 0.562. The normalized spacial score (nSPS) is 19.6. The van der Waals surface area contributed by atoms with Crippen molar-refractivity contribution in [1.29, 1.82) is 0 Å². The van der Waals surface area contributed by atoms with Crippen molar-refractivity contribution >= 4 is 23.2 Å². The van der Waals surface area contributed by atoms with E-state index < -0.39 is 0 Å². The topological polar surface area (TPSA) is 44.4 Å². The number of amides is 1. The van der Waals surface area contributed by atoms with Gasteiger partial charge in [0.1, 0.15) is 6.04 Å². The number of hydrogen-bond acceptors (Lipinski definition) is 3. The zero-order valence-electron chi connectivity index (χ0n) is 13.2. The van der Waals surface area contributed by atoms with E-state index in [0.717, 1.165) is 24.3 Å². The maximum atomic E-state index is 11.8. The molecule has 2 rings (SSSR count). The molecule has 1 fully saturated rings. The fourth-order valence-corrected chi connectivity index (χ4v) is 2.68. The Morgan fingerprint density at radius 3 is 2.76 bits per heavy atom. The molecule has 1 aromatic carbocycles. The second-order valence-corrected chi connectivity index (χ2v) is 6.96. The third kappa shape index (κ3) is 4.11. The van der Waals surface area contributed by atoms with Gasteiger partial charge >= 0.3 is 0 Å². The van der Waals surface area contributed by atoms with Crippen LogP contribution >= 0.6 is 11.6 Å². The van der Waals surface area contributed by atoms with Crippen LogP contribution in [-0.2, 0) is 11.3 Å². The molecule has 1 unspecified atom stereocenters. The molecule has 1 heterocycles. The van der Waals surface area contributed by atoms with Gasteiger partial charge in [0.2, 0.25) is 5.91 Å². The van der Waals surface area contributed by atoms with E-state index in [9.17, 15) is 4.79 Å². The molecule has 1 atom stereocenters. The zero-order chi connectivity index (χ0) is 15.6. The van der Waals surface area contributed by atoms with E-state index in [1.165, 1.54) is 0 Å². The van der Waals surface area contributed by atoms with Gasteiger partial charge < -0.3 is 15.5 Å². The average Bonchev–Trinajstić information content (AvgIpc) is 2.39. The van der Waals surface area contributed by atoms with E-state index >= 15 is 0 Å². The first kappa shape index (κ1) is 16.1. The molecule has 5 heteroatoms. The lowest BCUT2D eigenvalue weighted by atomic mass is 10.1. The highest BCUT2D eigenvalue weighted by atomic mass is 35.5. The highest BCUT2D eigenvalue weighted by Gasteiger charge is 2.26. The molecular weight excluding hydrogens is 286 g/mol. The SMILES string of the molecule is CC1C(=O)NCCN1c1ccc(CNC(C)(C)C)cc1Cl. The molecule has 1 saturated heterocycles. The quantitative estimate of drug-likeness (QED) is 0.902. The lowest BCUT2D eigenvalue weighted by molar-refractivity contribution is -0.122. The Kier molecular flexibility index (Phi) is 4.79. The summed E-state index contributed by atoms with van der Waals surface area (Å²) >= 11 is 6.42. The van der Waals surface area contributed by atoms with Gasteiger partial charge in [-0.15, -0.1) is 0 Å². The van der Waals surface area contributed by atoms with Crippen LogP contribution in [0.1, 0.15) is 33.3 Å². The second-order valence-electron chi connectivity index (χ2n) is 6.55. The first-order chi connectivity index (χ1) is 9.78. The van der Waals surface area contributed by atoms with E-state index in [-0.39, 0.29) is 17.5 Å². The Labute approximate surface area is 131 Å².